The number of hydrogen-bond acceptors (Lipinski definition) is 7. The summed E-state index contributed by atoms with van der Waals surface area (Å²) in [6, 6.07) is 10.3. The first-order valence-electron chi connectivity index (χ1n) is 12.4. The Labute approximate surface area is 228 Å². The second kappa shape index (κ2) is 13.9. The molecule has 4 unspecified atom stereocenters. The lowest BCUT2D eigenvalue weighted by Gasteiger charge is -2.25. The fraction of sp³-hybridized carbons (Fsp3) is 0.296. The molecule has 0 saturated carbocycles. The summed E-state index contributed by atoms with van der Waals surface area (Å²) in [4.78, 5) is 64.8. The Bertz CT molecular complexity index is 1360. The molecule has 0 spiro atoms. The van der Waals surface area contributed by atoms with Crippen LogP contribution in [0.1, 0.15) is 17.5 Å². The third kappa shape index (κ3) is 8.12. The zero-order chi connectivity index (χ0) is 29.2. The molecule has 3 amide bonds. The number of carbonyl (C=O) groups is 5. The highest BCUT2D eigenvalue weighted by Crippen LogP contribution is 2.19. The number of aliphatic hydroxyl groups is 1. The minimum Gasteiger partial charge on any atom is -0.481 e. The number of nitrogens with one attached hydrogen (secondary N) is 4. The molecule has 3 aromatic rings. The second-order valence-electron chi connectivity index (χ2n) is 9.16. The van der Waals surface area contributed by atoms with Gasteiger partial charge in [0.15, 0.2) is 0 Å². The predicted octanol–water partition coefficient (Wildman–Crippen LogP) is -0.714. The van der Waals surface area contributed by atoms with Gasteiger partial charge in [0.05, 0.1) is 19.1 Å². The molecule has 1 aromatic heterocycles. The van der Waals surface area contributed by atoms with Gasteiger partial charge in [0, 0.05) is 29.9 Å². The van der Waals surface area contributed by atoms with Crippen LogP contribution in [0.4, 0.5) is 0 Å². The SMILES string of the molecule is NC(CC(=O)O)C(=O)NC(Cc1c[nH]c2ccccc12)C(=O)NC(Cc1ccccc1)C(=O)NC(CO)C(=O)O. The van der Waals surface area contributed by atoms with Crippen LogP contribution in [0.2, 0.25) is 0 Å². The zero-order valence-electron chi connectivity index (χ0n) is 21.4. The van der Waals surface area contributed by atoms with Gasteiger partial charge in [-0.1, -0.05) is 48.5 Å². The maximum Gasteiger partial charge on any atom is 0.328 e. The topological polar surface area (TPSA) is 224 Å². The predicted molar refractivity (Wildman–Crippen MR) is 143 cm³/mol. The van der Waals surface area contributed by atoms with Crippen LogP contribution in [0.3, 0.4) is 0 Å². The van der Waals surface area contributed by atoms with Gasteiger partial charge in [-0.3, -0.25) is 19.2 Å². The summed E-state index contributed by atoms with van der Waals surface area (Å²) in [5, 5.41) is 35.6. The quantitative estimate of drug-likeness (QED) is 0.126. The number of rotatable bonds is 14. The highest BCUT2D eigenvalue weighted by atomic mass is 16.4. The van der Waals surface area contributed by atoms with Crippen molar-refractivity contribution in [1.82, 2.24) is 20.9 Å². The van der Waals surface area contributed by atoms with E-state index in [0.717, 1.165) is 10.9 Å². The van der Waals surface area contributed by atoms with E-state index in [1.807, 2.05) is 18.2 Å². The number of fused-ring (bicyclic) bond motifs is 1. The van der Waals surface area contributed by atoms with E-state index >= 15 is 0 Å². The average molecular weight is 554 g/mol. The number of aliphatic carboxylic acids is 2. The van der Waals surface area contributed by atoms with Crippen molar-refractivity contribution in [3.8, 4) is 0 Å². The fourth-order valence-electron chi connectivity index (χ4n) is 4.08. The van der Waals surface area contributed by atoms with Crippen molar-refractivity contribution >= 4 is 40.6 Å². The molecule has 2 aromatic carbocycles. The summed E-state index contributed by atoms with van der Waals surface area (Å²) in [5.74, 6) is -5.28. The van der Waals surface area contributed by atoms with Crippen molar-refractivity contribution in [1.29, 1.82) is 0 Å². The Kier molecular flexibility index (Phi) is 10.3. The van der Waals surface area contributed by atoms with Crippen LogP contribution >= 0.6 is 0 Å². The number of aromatic amines is 1. The Balaban J connectivity index is 1.88. The summed E-state index contributed by atoms with van der Waals surface area (Å²) < 4.78 is 0. The number of hydrogen-bond donors (Lipinski definition) is 8. The molecule has 0 bridgehead atoms. The summed E-state index contributed by atoms with van der Waals surface area (Å²) in [6.45, 7) is -0.867. The first-order valence-corrected chi connectivity index (χ1v) is 12.4. The van der Waals surface area contributed by atoms with Gasteiger partial charge >= 0.3 is 11.9 Å². The lowest BCUT2D eigenvalue weighted by molar-refractivity contribution is -0.143. The number of aliphatic hydroxyl groups excluding tert-OH is 1. The number of carbonyl (C=O) groups excluding carboxylic acids is 3. The van der Waals surface area contributed by atoms with Crippen LogP contribution in [0.5, 0.6) is 0 Å². The monoisotopic (exact) mass is 553 g/mol. The third-order valence-corrected chi connectivity index (χ3v) is 6.18. The fourth-order valence-corrected chi connectivity index (χ4v) is 4.08. The van der Waals surface area contributed by atoms with Crippen molar-refractivity contribution in [2.45, 2.75) is 43.4 Å². The first kappa shape index (κ1) is 29.8. The van der Waals surface area contributed by atoms with Gasteiger partial charge in [-0.2, -0.15) is 0 Å². The van der Waals surface area contributed by atoms with Crippen molar-refractivity contribution in [2.75, 3.05) is 6.61 Å². The molecule has 3 rings (SSSR count). The molecule has 1 heterocycles. The van der Waals surface area contributed by atoms with Crippen molar-refractivity contribution < 1.29 is 39.3 Å². The van der Waals surface area contributed by atoms with Gasteiger partial charge in [0.1, 0.15) is 18.1 Å². The van der Waals surface area contributed by atoms with Crippen LogP contribution in [0.25, 0.3) is 10.9 Å². The number of carboxylic acid groups (broad SMARTS) is 2. The molecule has 13 heteroatoms. The maximum absolute atomic E-state index is 13.5. The Hall–Kier alpha value is -4.75. The molecule has 0 aliphatic carbocycles. The molecular formula is C27H31N5O8. The highest BCUT2D eigenvalue weighted by molar-refractivity contribution is 5.95. The number of carboxylic acids is 2. The number of H-pyrrole nitrogens is 1. The lowest BCUT2D eigenvalue weighted by Crippen LogP contribution is -2.58. The summed E-state index contributed by atoms with van der Waals surface area (Å²) >= 11 is 0. The molecule has 9 N–H and O–H groups in total. The van der Waals surface area contributed by atoms with Crippen LogP contribution in [-0.2, 0) is 36.8 Å². The van der Waals surface area contributed by atoms with Gasteiger partial charge in [-0.25, -0.2) is 4.79 Å². The van der Waals surface area contributed by atoms with Crippen LogP contribution < -0.4 is 21.7 Å². The van der Waals surface area contributed by atoms with E-state index in [1.54, 1.807) is 42.6 Å². The minimum atomic E-state index is -1.60. The zero-order valence-corrected chi connectivity index (χ0v) is 21.4. The van der Waals surface area contributed by atoms with Crippen LogP contribution in [0.15, 0.2) is 60.8 Å². The van der Waals surface area contributed by atoms with Gasteiger partial charge in [0.2, 0.25) is 17.7 Å². The van der Waals surface area contributed by atoms with E-state index in [0.29, 0.717) is 11.1 Å². The van der Waals surface area contributed by atoms with Crippen molar-refractivity contribution in [3.63, 3.8) is 0 Å². The van der Waals surface area contributed by atoms with E-state index in [1.165, 1.54) is 0 Å². The third-order valence-electron chi connectivity index (χ3n) is 6.18. The molecule has 0 aliphatic heterocycles. The summed E-state index contributed by atoms with van der Waals surface area (Å²) in [7, 11) is 0. The maximum atomic E-state index is 13.5. The Morgan fingerprint density at radius 2 is 1.35 bits per heavy atom. The van der Waals surface area contributed by atoms with E-state index < -0.39 is 66.9 Å². The normalized spacial score (nSPS) is 13.9. The van der Waals surface area contributed by atoms with Gasteiger partial charge in [0.25, 0.3) is 0 Å². The number of benzene rings is 2. The van der Waals surface area contributed by atoms with Crippen molar-refractivity contribution in [3.05, 3.63) is 71.9 Å². The number of aromatic nitrogens is 1. The molecule has 0 fully saturated rings. The van der Waals surface area contributed by atoms with Gasteiger partial charge < -0.3 is 42.0 Å². The second-order valence-corrected chi connectivity index (χ2v) is 9.16. The average Bonchev–Trinajstić information content (AvgIpc) is 3.33. The molecule has 13 nitrogen and oxygen atoms in total. The Morgan fingerprint density at radius 3 is 1.98 bits per heavy atom. The number of nitrogens with two attached hydrogens (primary N) is 1. The Morgan fingerprint density at radius 1 is 0.775 bits per heavy atom. The molecular weight excluding hydrogens is 522 g/mol. The van der Waals surface area contributed by atoms with Gasteiger partial charge in [-0.05, 0) is 17.2 Å². The smallest absolute Gasteiger partial charge is 0.328 e. The molecule has 4 atom stereocenters. The largest absolute Gasteiger partial charge is 0.481 e. The summed E-state index contributed by atoms with van der Waals surface area (Å²) in [6.07, 6.45) is 0.948. The standard InChI is InChI=1S/C27H31N5O8/c28-18(12-23(34)35)24(36)30-21(11-16-13-29-19-9-5-4-8-17(16)19)26(38)31-20(10-15-6-2-1-3-7-15)25(37)32-22(14-33)27(39)40/h1-9,13,18,20-22,29,33H,10-12,14,28H2,(H,30,36)(H,31,38)(H,32,37)(H,34,35)(H,39,40). The molecule has 40 heavy (non-hydrogen) atoms. The van der Waals surface area contributed by atoms with Crippen molar-refractivity contribution in [2.24, 2.45) is 5.73 Å². The highest BCUT2D eigenvalue weighted by Gasteiger charge is 2.31. The van der Waals surface area contributed by atoms with Gasteiger partial charge in [-0.15, -0.1) is 0 Å². The lowest BCUT2D eigenvalue weighted by atomic mass is 10.0. The van der Waals surface area contributed by atoms with Crippen LogP contribution in [-0.4, -0.2) is 80.7 Å². The molecule has 212 valence electrons. The first-order chi connectivity index (χ1) is 19.1. The molecule has 0 radical (unpaired) electrons. The van der Waals surface area contributed by atoms with E-state index in [2.05, 4.69) is 20.9 Å². The van der Waals surface area contributed by atoms with Crippen LogP contribution in [0, 0.1) is 0 Å². The minimum absolute atomic E-state index is 0.0253. The van der Waals surface area contributed by atoms with E-state index in [-0.39, 0.29) is 12.8 Å². The molecule has 0 saturated heterocycles. The number of para-hydroxylation sites is 1. The van der Waals surface area contributed by atoms with E-state index in [4.69, 9.17) is 10.8 Å². The summed E-state index contributed by atoms with van der Waals surface area (Å²) in [5.41, 5.74) is 7.81. The number of amides is 3. The van der Waals surface area contributed by atoms with E-state index in [9.17, 15) is 34.2 Å². The molecule has 0 aliphatic rings.